The lowest BCUT2D eigenvalue weighted by atomic mass is 10.1. The number of benzene rings is 1. The van der Waals surface area contributed by atoms with Crippen LogP contribution in [0.25, 0.3) is 5.69 Å². The zero-order valence-corrected chi connectivity index (χ0v) is 15.9. The van der Waals surface area contributed by atoms with Gasteiger partial charge >= 0.3 is 11.9 Å². The number of esters is 2. The second-order valence-electron chi connectivity index (χ2n) is 6.11. The van der Waals surface area contributed by atoms with Crippen LogP contribution in [-0.2, 0) is 19.1 Å². The predicted molar refractivity (Wildman–Crippen MR) is 101 cm³/mol. The highest BCUT2D eigenvalue weighted by Gasteiger charge is 2.35. The number of β-amino-alcohol motifs (C(OH)–C–C–N with tert-alkyl or cyclic N) is 1. The standard InChI is InChI=1S/C19H20N4O6/c1-28-18(26)13-4-3-12(23-6-5-20-11-23)9-15(13)21-16-14(19(27)29-2)10-22(7-8-24)17(16)25/h3-6,9,11,21,24H,7-8,10H2,1-2H3. The van der Waals surface area contributed by atoms with E-state index in [9.17, 15) is 19.5 Å². The molecule has 0 saturated carbocycles. The average molecular weight is 400 g/mol. The Labute approximate surface area is 166 Å². The number of methoxy groups -OCH3 is 2. The van der Waals surface area contributed by atoms with E-state index in [2.05, 4.69) is 10.3 Å². The molecule has 1 amide bonds. The van der Waals surface area contributed by atoms with Crippen LogP contribution in [0.2, 0.25) is 0 Å². The molecule has 2 heterocycles. The molecule has 1 aromatic carbocycles. The largest absolute Gasteiger partial charge is 0.466 e. The van der Waals surface area contributed by atoms with E-state index in [0.717, 1.165) is 0 Å². The number of nitrogens with zero attached hydrogens (tertiary/aromatic N) is 3. The smallest absolute Gasteiger partial charge is 0.339 e. The first-order valence-electron chi connectivity index (χ1n) is 8.69. The van der Waals surface area contributed by atoms with Gasteiger partial charge in [-0.05, 0) is 18.2 Å². The lowest BCUT2D eigenvalue weighted by Gasteiger charge is -2.16. The molecule has 1 aliphatic rings. The first-order valence-corrected chi connectivity index (χ1v) is 8.69. The van der Waals surface area contributed by atoms with Crippen molar-refractivity contribution in [2.45, 2.75) is 0 Å². The highest BCUT2D eigenvalue weighted by Crippen LogP contribution is 2.27. The highest BCUT2D eigenvalue weighted by atomic mass is 16.5. The van der Waals surface area contributed by atoms with Crippen molar-refractivity contribution in [1.29, 1.82) is 0 Å². The van der Waals surface area contributed by atoms with Crippen molar-refractivity contribution in [1.82, 2.24) is 14.5 Å². The van der Waals surface area contributed by atoms with Gasteiger partial charge in [0.25, 0.3) is 5.91 Å². The van der Waals surface area contributed by atoms with Crippen molar-refractivity contribution < 1.29 is 29.0 Å². The van der Waals surface area contributed by atoms with E-state index < -0.39 is 17.8 Å². The zero-order chi connectivity index (χ0) is 21.0. The number of carbonyl (C=O) groups excluding carboxylic acids is 3. The minimum absolute atomic E-state index is 0.0107. The first-order chi connectivity index (χ1) is 14.0. The van der Waals surface area contributed by atoms with Gasteiger partial charge in [0.15, 0.2) is 0 Å². The van der Waals surface area contributed by atoms with Gasteiger partial charge in [-0.3, -0.25) is 4.79 Å². The van der Waals surface area contributed by atoms with Crippen LogP contribution in [0.15, 0.2) is 48.2 Å². The van der Waals surface area contributed by atoms with E-state index in [4.69, 9.17) is 9.47 Å². The number of hydrogen-bond acceptors (Lipinski definition) is 8. The second-order valence-corrected chi connectivity index (χ2v) is 6.11. The fraction of sp³-hybridized carbons (Fsp3) is 0.263. The summed E-state index contributed by atoms with van der Waals surface area (Å²) in [7, 11) is 2.46. The Bertz CT molecular complexity index is 967. The highest BCUT2D eigenvalue weighted by molar-refractivity contribution is 6.09. The third-order valence-corrected chi connectivity index (χ3v) is 4.42. The molecule has 0 spiro atoms. The summed E-state index contributed by atoms with van der Waals surface area (Å²) in [5.41, 5.74) is 1.23. The van der Waals surface area contributed by atoms with E-state index in [0.29, 0.717) is 5.69 Å². The summed E-state index contributed by atoms with van der Waals surface area (Å²) >= 11 is 0. The van der Waals surface area contributed by atoms with Gasteiger partial charge in [-0.15, -0.1) is 0 Å². The van der Waals surface area contributed by atoms with Gasteiger partial charge in [-0.25, -0.2) is 14.6 Å². The summed E-state index contributed by atoms with van der Waals surface area (Å²) < 4.78 is 11.3. The fourth-order valence-corrected chi connectivity index (χ4v) is 2.98. The third kappa shape index (κ3) is 3.97. The summed E-state index contributed by atoms with van der Waals surface area (Å²) in [4.78, 5) is 42.4. The normalized spacial score (nSPS) is 13.6. The predicted octanol–water partition coefficient (Wildman–Crippen LogP) is 0.332. The zero-order valence-electron chi connectivity index (χ0n) is 15.9. The molecular formula is C19H20N4O6. The maximum atomic E-state index is 12.8. The summed E-state index contributed by atoms with van der Waals surface area (Å²) in [5.74, 6) is -1.77. The van der Waals surface area contributed by atoms with E-state index >= 15 is 0 Å². The molecular weight excluding hydrogens is 380 g/mol. The Balaban J connectivity index is 2.05. The maximum Gasteiger partial charge on any atom is 0.339 e. The minimum Gasteiger partial charge on any atom is -0.466 e. The van der Waals surface area contributed by atoms with Crippen LogP contribution in [0.4, 0.5) is 5.69 Å². The number of amides is 1. The number of aromatic nitrogens is 2. The lowest BCUT2D eigenvalue weighted by Crippen LogP contribution is -2.31. The molecule has 0 unspecified atom stereocenters. The number of anilines is 1. The number of carbonyl (C=O) groups is 3. The number of aliphatic hydroxyl groups excluding tert-OH is 1. The molecule has 0 aliphatic carbocycles. The van der Waals surface area contributed by atoms with Gasteiger partial charge in [-0.1, -0.05) is 0 Å². The summed E-state index contributed by atoms with van der Waals surface area (Å²) in [6.45, 7) is -0.205. The minimum atomic E-state index is -0.674. The molecule has 10 nitrogen and oxygen atoms in total. The van der Waals surface area contributed by atoms with Gasteiger partial charge in [0.1, 0.15) is 5.70 Å². The summed E-state index contributed by atoms with van der Waals surface area (Å²) in [5, 5.41) is 12.1. The molecule has 0 fully saturated rings. The van der Waals surface area contributed by atoms with Crippen LogP contribution < -0.4 is 5.32 Å². The monoisotopic (exact) mass is 400 g/mol. The SMILES string of the molecule is COC(=O)C1=C(Nc2cc(-n3ccnc3)ccc2C(=O)OC)C(=O)N(CCO)C1. The third-order valence-electron chi connectivity index (χ3n) is 4.42. The van der Waals surface area contributed by atoms with Gasteiger partial charge in [0.2, 0.25) is 0 Å². The Kier molecular flexibility index (Phi) is 5.93. The van der Waals surface area contributed by atoms with Crippen molar-refractivity contribution in [2.75, 3.05) is 39.2 Å². The van der Waals surface area contributed by atoms with Crippen molar-refractivity contribution >= 4 is 23.5 Å². The van der Waals surface area contributed by atoms with Gasteiger partial charge < -0.3 is 29.4 Å². The van der Waals surface area contributed by atoms with Gasteiger partial charge in [0, 0.05) is 24.6 Å². The quantitative estimate of drug-likeness (QED) is 0.638. The molecule has 29 heavy (non-hydrogen) atoms. The Morgan fingerprint density at radius 3 is 2.62 bits per heavy atom. The molecule has 1 aliphatic heterocycles. The number of rotatable bonds is 7. The molecule has 152 valence electrons. The molecule has 0 bridgehead atoms. The first kappa shape index (κ1) is 20.1. The Morgan fingerprint density at radius 1 is 1.24 bits per heavy atom. The van der Waals surface area contributed by atoms with Crippen LogP contribution in [0.1, 0.15) is 10.4 Å². The lowest BCUT2D eigenvalue weighted by molar-refractivity contribution is -0.136. The molecule has 1 aromatic heterocycles. The number of hydrogen-bond donors (Lipinski definition) is 2. The molecule has 3 rings (SSSR count). The molecule has 0 saturated heterocycles. The Morgan fingerprint density at radius 2 is 2.00 bits per heavy atom. The number of ether oxygens (including phenoxy) is 2. The summed E-state index contributed by atoms with van der Waals surface area (Å²) in [6.07, 6.45) is 4.91. The van der Waals surface area contributed by atoms with Crippen molar-refractivity contribution in [3.05, 3.63) is 53.8 Å². The van der Waals surface area contributed by atoms with E-state index in [1.165, 1.54) is 19.1 Å². The fourth-order valence-electron chi connectivity index (χ4n) is 2.98. The number of imidazole rings is 1. The molecule has 0 radical (unpaired) electrons. The summed E-state index contributed by atoms with van der Waals surface area (Å²) in [6, 6.07) is 4.88. The molecule has 2 aromatic rings. The number of nitrogens with one attached hydrogen (secondary N) is 1. The van der Waals surface area contributed by atoms with Gasteiger partial charge in [0.05, 0.1) is 50.5 Å². The van der Waals surface area contributed by atoms with Crippen LogP contribution in [-0.4, -0.2) is 71.3 Å². The van der Waals surface area contributed by atoms with Crippen molar-refractivity contribution in [2.24, 2.45) is 0 Å². The molecule has 10 heteroatoms. The maximum absolute atomic E-state index is 12.8. The Hall–Kier alpha value is -3.66. The topological polar surface area (TPSA) is 123 Å². The van der Waals surface area contributed by atoms with Crippen molar-refractivity contribution in [3.8, 4) is 5.69 Å². The second kappa shape index (κ2) is 8.57. The van der Waals surface area contributed by atoms with Crippen LogP contribution in [0.5, 0.6) is 0 Å². The number of aliphatic hydroxyl groups is 1. The molecule has 0 atom stereocenters. The van der Waals surface area contributed by atoms with E-state index in [1.807, 2.05) is 0 Å². The molecule has 2 N–H and O–H groups in total. The van der Waals surface area contributed by atoms with Crippen LogP contribution >= 0.6 is 0 Å². The van der Waals surface area contributed by atoms with Crippen LogP contribution in [0, 0.1) is 0 Å². The van der Waals surface area contributed by atoms with Gasteiger partial charge in [-0.2, -0.15) is 0 Å². The van der Waals surface area contributed by atoms with Crippen molar-refractivity contribution in [3.63, 3.8) is 0 Å². The van der Waals surface area contributed by atoms with E-state index in [1.54, 1.807) is 41.5 Å². The average Bonchev–Trinajstić information content (AvgIpc) is 3.37. The van der Waals surface area contributed by atoms with E-state index in [-0.39, 0.29) is 42.2 Å². The van der Waals surface area contributed by atoms with Crippen LogP contribution in [0.3, 0.4) is 0 Å².